The molecule has 11 heteroatoms. The van der Waals surface area contributed by atoms with Gasteiger partial charge in [-0.2, -0.15) is 5.26 Å². The van der Waals surface area contributed by atoms with Crippen molar-refractivity contribution < 1.29 is 19.0 Å². The van der Waals surface area contributed by atoms with Crippen LogP contribution in [0.3, 0.4) is 0 Å². The number of nitriles is 1. The maximum absolute atomic E-state index is 14.7. The number of pyridine rings is 1. The molecule has 1 amide bonds. The Bertz CT molecular complexity index is 1840. The standard InChI is InChI=1S/C32H24FN7O3/c1-3-22-19-40(23(11-14-41)17-37-22)28-15-20(24-18-35-12-9-21(24)16-34)7-8-26(28)39-32(42)27-10-13-36-31(38-27)30-25(33)5-4-6-29(30)43-2/h1,4-10,12-13,15,18,22-23,37,41H,17,19H2,2H3,(H,39,42)/t22-,23?/m0/s1. The van der Waals surface area contributed by atoms with Crippen LogP contribution in [0.4, 0.5) is 15.8 Å². The molecule has 1 aliphatic heterocycles. The van der Waals surface area contributed by atoms with Gasteiger partial charge in [-0.3, -0.25) is 15.1 Å². The Morgan fingerprint density at radius 1 is 1.26 bits per heavy atom. The van der Waals surface area contributed by atoms with E-state index in [1.54, 1.807) is 36.5 Å². The highest BCUT2D eigenvalue weighted by Gasteiger charge is 2.29. The van der Waals surface area contributed by atoms with Crippen molar-refractivity contribution in [3.63, 3.8) is 0 Å². The Hall–Kier alpha value is -5.96. The molecule has 43 heavy (non-hydrogen) atoms. The summed E-state index contributed by atoms with van der Waals surface area (Å²) in [4.78, 5) is 28.1. The minimum Gasteiger partial charge on any atom is -0.496 e. The van der Waals surface area contributed by atoms with Crippen LogP contribution in [-0.4, -0.2) is 58.2 Å². The van der Waals surface area contributed by atoms with Gasteiger partial charge in [-0.25, -0.2) is 14.4 Å². The second-order valence-corrected chi connectivity index (χ2v) is 9.35. The van der Waals surface area contributed by atoms with E-state index in [1.165, 1.54) is 37.7 Å². The summed E-state index contributed by atoms with van der Waals surface area (Å²) in [5.74, 6) is 4.48. The quantitative estimate of drug-likeness (QED) is 0.296. The molecule has 4 aromatic rings. The van der Waals surface area contributed by atoms with Crippen molar-refractivity contribution in [3.8, 4) is 58.7 Å². The third-order valence-electron chi connectivity index (χ3n) is 6.86. The number of anilines is 2. The first-order valence-electron chi connectivity index (χ1n) is 13.0. The molecule has 10 nitrogen and oxygen atoms in total. The van der Waals surface area contributed by atoms with Crippen LogP contribution in [0.1, 0.15) is 16.1 Å². The van der Waals surface area contributed by atoms with E-state index < -0.39 is 17.8 Å². The number of aliphatic hydroxyl groups excluding tert-OH is 1. The molecule has 1 unspecified atom stereocenters. The van der Waals surface area contributed by atoms with Crippen molar-refractivity contribution in [1.29, 1.82) is 5.26 Å². The number of terminal acetylenes is 1. The summed E-state index contributed by atoms with van der Waals surface area (Å²) in [6.45, 7) is 0.654. The number of halogens is 1. The highest BCUT2D eigenvalue weighted by molar-refractivity contribution is 6.05. The van der Waals surface area contributed by atoms with Crippen LogP contribution in [0.25, 0.3) is 22.5 Å². The monoisotopic (exact) mass is 573 g/mol. The number of ether oxygens (including phenoxy) is 1. The number of piperazine rings is 1. The summed E-state index contributed by atoms with van der Waals surface area (Å²) in [5.41, 5.74) is 2.62. The molecule has 1 fully saturated rings. The fourth-order valence-electron chi connectivity index (χ4n) is 4.78. The smallest absolute Gasteiger partial charge is 0.274 e. The predicted molar refractivity (Wildman–Crippen MR) is 158 cm³/mol. The molecule has 0 bridgehead atoms. The molecular formula is C32H24FN7O3. The summed E-state index contributed by atoms with van der Waals surface area (Å²) < 4.78 is 20.0. The number of hydrogen-bond acceptors (Lipinski definition) is 9. The number of nitrogens with zero attached hydrogens (tertiary/aromatic N) is 5. The van der Waals surface area contributed by atoms with Gasteiger partial charge in [-0.1, -0.05) is 18.1 Å². The van der Waals surface area contributed by atoms with Gasteiger partial charge < -0.3 is 20.1 Å². The molecule has 3 heterocycles. The highest BCUT2D eigenvalue weighted by atomic mass is 19.1. The fourth-order valence-corrected chi connectivity index (χ4v) is 4.78. The van der Waals surface area contributed by atoms with Crippen LogP contribution >= 0.6 is 0 Å². The highest BCUT2D eigenvalue weighted by Crippen LogP contribution is 2.35. The molecule has 0 radical (unpaired) electrons. The van der Waals surface area contributed by atoms with Gasteiger partial charge in [-0.15, -0.1) is 6.42 Å². The zero-order chi connectivity index (χ0) is 30.3. The molecule has 3 N–H and O–H groups in total. The normalized spacial score (nSPS) is 15.8. The topological polar surface area (TPSA) is 136 Å². The number of nitrogens with one attached hydrogen (secondary N) is 2. The van der Waals surface area contributed by atoms with Gasteiger partial charge in [0.05, 0.1) is 41.7 Å². The summed E-state index contributed by atoms with van der Waals surface area (Å²) >= 11 is 0. The number of aliphatic hydroxyl groups is 1. The third kappa shape index (κ3) is 5.91. The Kier molecular flexibility index (Phi) is 8.43. The molecule has 2 aromatic heterocycles. The van der Waals surface area contributed by atoms with Gasteiger partial charge in [-0.05, 0) is 47.9 Å². The van der Waals surface area contributed by atoms with E-state index in [9.17, 15) is 19.6 Å². The van der Waals surface area contributed by atoms with Crippen molar-refractivity contribution in [3.05, 3.63) is 84.2 Å². The minimum absolute atomic E-state index is 0.0159. The van der Waals surface area contributed by atoms with E-state index in [4.69, 9.17) is 11.2 Å². The fraction of sp³-hybridized carbons (Fsp3) is 0.156. The summed E-state index contributed by atoms with van der Waals surface area (Å²) in [5, 5.41) is 25.2. The second kappa shape index (κ2) is 12.7. The molecule has 0 saturated carbocycles. The summed E-state index contributed by atoms with van der Waals surface area (Å²) in [6.07, 6.45) is 12.2. The van der Waals surface area contributed by atoms with Crippen molar-refractivity contribution in [1.82, 2.24) is 20.3 Å². The number of carbonyl (C=O) groups is 1. The molecule has 212 valence electrons. The number of benzene rings is 2. The maximum atomic E-state index is 14.7. The van der Waals surface area contributed by atoms with Crippen LogP contribution in [0.5, 0.6) is 5.75 Å². The Labute approximate surface area is 247 Å². The van der Waals surface area contributed by atoms with E-state index in [2.05, 4.69) is 43.5 Å². The van der Waals surface area contributed by atoms with Crippen molar-refractivity contribution in [2.45, 2.75) is 12.1 Å². The Balaban J connectivity index is 1.57. The molecule has 1 aliphatic rings. The number of carbonyl (C=O) groups excluding carboxylic acids is 1. The van der Waals surface area contributed by atoms with Crippen LogP contribution < -0.4 is 20.3 Å². The molecule has 0 aliphatic carbocycles. The molecule has 2 atom stereocenters. The molecular weight excluding hydrogens is 549 g/mol. The van der Waals surface area contributed by atoms with Gasteiger partial charge in [0.25, 0.3) is 5.91 Å². The van der Waals surface area contributed by atoms with Gasteiger partial charge in [0, 0.05) is 37.2 Å². The van der Waals surface area contributed by atoms with Gasteiger partial charge >= 0.3 is 0 Å². The molecule has 5 rings (SSSR count). The lowest BCUT2D eigenvalue weighted by molar-refractivity contribution is 0.102. The third-order valence-corrected chi connectivity index (χ3v) is 6.86. The lowest BCUT2D eigenvalue weighted by Gasteiger charge is -2.38. The summed E-state index contributed by atoms with van der Waals surface area (Å²) in [6, 6.07) is 13.9. The zero-order valence-electron chi connectivity index (χ0n) is 22.9. The van der Waals surface area contributed by atoms with Gasteiger partial charge in [0.15, 0.2) is 5.82 Å². The number of hydrogen-bond donors (Lipinski definition) is 3. The van der Waals surface area contributed by atoms with Crippen LogP contribution in [-0.2, 0) is 0 Å². The van der Waals surface area contributed by atoms with Crippen molar-refractivity contribution in [2.24, 2.45) is 0 Å². The van der Waals surface area contributed by atoms with Crippen LogP contribution in [0.15, 0.2) is 67.1 Å². The van der Waals surface area contributed by atoms with Gasteiger partial charge in [0.1, 0.15) is 29.4 Å². The van der Waals surface area contributed by atoms with E-state index in [0.29, 0.717) is 41.2 Å². The van der Waals surface area contributed by atoms with E-state index in [-0.39, 0.29) is 28.9 Å². The Morgan fingerprint density at radius 2 is 2.12 bits per heavy atom. The van der Waals surface area contributed by atoms with Crippen molar-refractivity contribution in [2.75, 3.05) is 30.4 Å². The van der Waals surface area contributed by atoms with Gasteiger partial charge in [0.2, 0.25) is 0 Å². The number of aromatic nitrogens is 3. The molecule has 1 saturated heterocycles. The predicted octanol–water partition coefficient (Wildman–Crippen LogP) is 3.59. The first kappa shape index (κ1) is 28.6. The average Bonchev–Trinajstić information content (AvgIpc) is 3.05. The van der Waals surface area contributed by atoms with Crippen molar-refractivity contribution >= 4 is 17.3 Å². The lowest BCUT2D eigenvalue weighted by Crippen LogP contribution is -2.56. The second-order valence-electron chi connectivity index (χ2n) is 9.35. The lowest BCUT2D eigenvalue weighted by atomic mass is 9.99. The molecule has 0 spiro atoms. The van der Waals surface area contributed by atoms with Crippen LogP contribution in [0.2, 0.25) is 0 Å². The van der Waals surface area contributed by atoms with E-state index >= 15 is 0 Å². The molecule has 2 aromatic carbocycles. The first-order valence-corrected chi connectivity index (χ1v) is 13.0. The van der Waals surface area contributed by atoms with E-state index in [1.807, 2.05) is 11.0 Å². The maximum Gasteiger partial charge on any atom is 0.274 e. The minimum atomic E-state index is -0.597. The largest absolute Gasteiger partial charge is 0.496 e. The number of amides is 1. The zero-order valence-corrected chi connectivity index (χ0v) is 22.9. The first-order chi connectivity index (χ1) is 21.0. The Morgan fingerprint density at radius 3 is 2.88 bits per heavy atom. The van der Waals surface area contributed by atoms with E-state index in [0.717, 1.165) is 0 Å². The summed E-state index contributed by atoms with van der Waals surface area (Å²) in [7, 11) is 1.40. The average molecular weight is 574 g/mol. The van der Waals surface area contributed by atoms with Crippen LogP contribution in [0, 0.1) is 41.5 Å². The number of rotatable bonds is 6. The SMILES string of the molecule is C#C[C@H]1CN(c2cc(-c3cnccc3C#N)ccc2NC(=O)c2ccnc(-c3c(F)cccc3OC)n2)C(C#CO)CN1. The number of methoxy groups -OCH3 is 1.